The van der Waals surface area contributed by atoms with Crippen LogP contribution >= 0.6 is 0 Å². The SMILES string of the molecule is CCc1ccc(CC)c(C(=O)COC(=O)c2ccc(OC)c(OC)c2OC)c1. The molecular formula is C22H26O6. The quantitative estimate of drug-likeness (QED) is 0.481. The molecule has 0 fully saturated rings. The summed E-state index contributed by atoms with van der Waals surface area (Å²) >= 11 is 0. The Balaban J connectivity index is 2.22. The van der Waals surface area contributed by atoms with Gasteiger partial charge >= 0.3 is 5.97 Å². The van der Waals surface area contributed by atoms with Crippen LogP contribution in [-0.4, -0.2) is 39.7 Å². The van der Waals surface area contributed by atoms with Gasteiger partial charge in [-0.1, -0.05) is 26.0 Å². The average molecular weight is 386 g/mol. The second kappa shape index (κ2) is 9.78. The van der Waals surface area contributed by atoms with Crippen LogP contribution in [0.15, 0.2) is 30.3 Å². The molecule has 0 unspecified atom stereocenters. The summed E-state index contributed by atoms with van der Waals surface area (Å²) in [5, 5.41) is 0. The van der Waals surface area contributed by atoms with Gasteiger partial charge in [-0.05, 0) is 42.2 Å². The van der Waals surface area contributed by atoms with Crippen LogP contribution < -0.4 is 14.2 Å². The molecule has 6 heteroatoms. The Hall–Kier alpha value is -3.02. The fourth-order valence-corrected chi connectivity index (χ4v) is 2.96. The Bertz CT molecular complexity index is 856. The maximum atomic E-state index is 12.7. The minimum Gasteiger partial charge on any atom is -0.493 e. The highest BCUT2D eigenvalue weighted by Gasteiger charge is 2.23. The van der Waals surface area contributed by atoms with E-state index in [0.29, 0.717) is 11.3 Å². The molecular weight excluding hydrogens is 360 g/mol. The van der Waals surface area contributed by atoms with Crippen LogP contribution in [-0.2, 0) is 17.6 Å². The van der Waals surface area contributed by atoms with Gasteiger partial charge in [-0.3, -0.25) is 4.79 Å². The van der Waals surface area contributed by atoms with Crippen molar-refractivity contribution in [2.24, 2.45) is 0 Å². The standard InChI is InChI=1S/C22H26O6/c1-6-14-8-9-15(7-2)17(12-14)18(23)13-28-22(24)16-10-11-19(25-3)21(27-5)20(16)26-4/h8-12H,6-7,13H2,1-5H3. The molecule has 6 nitrogen and oxygen atoms in total. The maximum absolute atomic E-state index is 12.7. The lowest BCUT2D eigenvalue weighted by molar-refractivity contribution is 0.0470. The number of carbonyl (C=O) groups excluding carboxylic acids is 2. The van der Waals surface area contributed by atoms with E-state index >= 15 is 0 Å². The molecule has 2 aromatic carbocycles. The van der Waals surface area contributed by atoms with Crippen LogP contribution in [0.4, 0.5) is 0 Å². The first-order valence-corrected chi connectivity index (χ1v) is 9.11. The molecule has 0 amide bonds. The van der Waals surface area contributed by atoms with Gasteiger partial charge in [-0.2, -0.15) is 0 Å². The Morgan fingerprint density at radius 1 is 0.821 bits per heavy atom. The summed E-state index contributed by atoms with van der Waals surface area (Å²) in [4.78, 5) is 25.2. The minimum absolute atomic E-state index is 0.158. The highest BCUT2D eigenvalue weighted by Crippen LogP contribution is 2.39. The number of benzene rings is 2. The second-order valence-electron chi connectivity index (χ2n) is 6.08. The zero-order valence-corrected chi connectivity index (χ0v) is 17.0. The summed E-state index contributed by atoms with van der Waals surface area (Å²) in [5.74, 6) is 0.00274. The van der Waals surface area contributed by atoms with Crippen LogP contribution in [0.5, 0.6) is 17.2 Å². The number of ether oxygens (including phenoxy) is 4. The Morgan fingerprint density at radius 3 is 2.11 bits per heavy atom. The zero-order chi connectivity index (χ0) is 20.7. The third kappa shape index (κ3) is 4.44. The molecule has 0 aliphatic rings. The largest absolute Gasteiger partial charge is 0.493 e. The van der Waals surface area contributed by atoms with Crippen LogP contribution in [0.2, 0.25) is 0 Å². The number of hydrogen-bond donors (Lipinski definition) is 0. The normalized spacial score (nSPS) is 10.3. The average Bonchev–Trinajstić information content (AvgIpc) is 2.75. The molecule has 0 atom stereocenters. The molecule has 0 heterocycles. The van der Waals surface area contributed by atoms with Gasteiger partial charge < -0.3 is 18.9 Å². The van der Waals surface area contributed by atoms with Crippen molar-refractivity contribution >= 4 is 11.8 Å². The first-order valence-electron chi connectivity index (χ1n) is 9.11. The van der Waals surface area contributed by atoms with Gasteiger partial charge in [0.25, 0.3) is 0 Å². The van der Waals surface area contributed by atoms with E-state index in [9.17, 15) is 9.59 Å². The molecule has 0 radical (unpaired) electrons. The van der Waals surface area contributed by atoms with Gasteiger partial charge in [0.2, 0.25) is 11.5 Å². The van der Waals surface area contributed by atoms with Gasteiger partial charge in [-0.25, -0.2) is 4.79 Å². The minimum atomic E-state index is -0.671. The number of esters is 1. The fourth-order valence-electron chi connectivity index (χ4n) is 2.96. The summed E-state index contributed by atoms with van der Waals surface area (Å²) < 4.78 is 21.0. The molecule has 0 spiro atoms. The maximum Gasteiger partial charge on any atom is 0.342 e. The topological polar surface area (TPSA) is 71.1 Å². The van der Waals surface area contributed by atoms with Gasteiger partial charge in [-0.15, -0.1) is 0 Å². The van der Waals surface area contributed by atoms with E-state index in [1.807, 2.05) is 32.0 Å². The zero-order valence-electron chi connectivity index (χ0n) is 17.0. The Morgan fingerprint density at radius 2 is 1.54 bits per heavy atom. The Labute approximate surface area is 165 Å². The van der Waals surface area contributed by atoms with Gasteiger partial charge in [0.05, 0.1) is 21.3 Å². The van der Waals surface area contributed by atoms with E-state index in [0.717, 1.165) is 24.0 Å². The lowest BCUT2D eigenvalue weighted by Crippen LogP contribution is -2.16. The van der Waals surface area contributed by atoms with Crippen molar-refractivity contribution < 1.29 is 28.5 Å². The van der Waals surface area contributed by atoms with Crippen LogP contribution in [0.25, 0.3) is 0 Å². The third-order valence-electron chi connectivity index (χ3n) is 4.52. The number of rotatable bonds is 9. The van der Waals surface area contributed by atoms with Crippen LogP contribution in [0.1, 0.15) is 45.7 Å². The molecule has 0 N–H and O–H groups in total. The first-order chi connectivity index (χ1) is 13.5. The van der Waals surface area contributed by atoms with Crippen molar-refractivity contribution in [2.75, 3.05) is 27.9 Å². The van der Waals surface area contributed by atoms with Crippen molar-refractivity contribution in [3.63, 3.8) is 0 Å². The molecule has 2 rings (SSSR count). The lowest BCUT2D eigenvalue weighted by atomic mass is 9.98. The van der Waals surface area contributed by atoms with E-state index in [-0.39, 0.29) is 29.5 Å². The smallest absolute Gasteiger partial charge is 0.342 e. The van der Waals surface area contributed by atoms with Crippen molar-refractivity contribution in [3.8, 4) is 17.2 Å². The van der Waals surface area contributed by atoms with Crippen molar-refractivity contribution in [2.45, 2.75) is 26.7 Å². The summed E-state index contributed by atoms with van der Waals surface area (Å²) in [7, 11) is 4.36. The van der Waals surface area contributed by atoms with E-state index in [1.165, 1.54) is 27.4 Å². The van der Waals surface area contributed by atoms with Gasteiger partial charge in [0.1, 0.15) is 5.56 Å². The van der Waals surface area contributed by atoms with E-state index in [4.69, 9.17) is 18.9 Å². The van der Waals surface area contributed by atoms with Crippen molar-refractivity contribution in [3.05, 3.63) is 52.6 Å². The highest BCUT2D eigenvalue weighted by atomic mass is 16.5. The van der Waals surface area contributed by atoms with E-state index < -0.39 is 5.97 Å². The third-order valence-corrected chi connectivity index (χ3v) is 4.52. The summed E-state index contributed by atoms with van der Waals surface area (Å²) in [6, 6.07) is 8.93. The van der Waals surface area contributed by atoms with Gasteiger partial charge in [0, 0.05) is 5.56 Å². The van der Waals surface area contributed by atoms with E-state index in [1.54, 1.807) is 6.07 Å². The summed E-state index contributed by atoms with van der Waals surface area (Å²) in [5.41, 5.74) is 2.75. The summed E-state index contributed by atoms with van der Waals surface area (Å²) in [6.07, 6.45) is 1.55. The number of ketones is 1. The Kier molecular flexibility index (Phi) is 7.44. The molecule has 2 aromatic rings. The highest BCUT2D eigenvalue weighted by molar-refractivity contribution is 6.01. The monoisotopic (exact) mass is 386 g/mol. The molecule has 0 aromatic heterocycles. The fraction of sp³-hybridized carbons (Fsp3) is 0.364. The molecule has 0 saturated carbocycles. The predicted octanol–water partition coefficient (Wildman–Crippen LogP) is 3.88. The number of carbonyl (C=O) groups is 2. The predicted molar refractivity (Wildman–Crippen MR) is 106 cm³/mol. The number of aryl methyl sites for hydroxylation is 2. The van der Waals surface area contributed by atoms with Crippen molar-refractivity contribution in [1.29, 1.82) is 0 Å². The number of Topliss-reactive ketones (excluding diaryl/α,β-unsaturated/α-hetero) is 1. The van der Waals surface area contributed by atoms with Crippen LogP contribution in [0.3, 0.4) is 0 Å². The summed E-state index contributed by atoms with van der Waals surface area (Å²) in [6.45, 7) is 3.66. The molecule has 28 heavy (non-hydrogen) atoms. The second-order valence-corrected chi connectivity index (χ2v) is 6.08. The number of hydrogen-bond acceptors (Lipinski definition) is 6. The first kappa shape index (κ1) is 21.3. The van der Waals surface area contributed by atoms with Crippen LogP contribution in [0, 0.1) is 0 Å². The molecule has 0 saturated heterocycles. The molecule has 0 aliphatic heterocycles. The van der Waals surface area contributed by atoms with E-state index in [2.05, 4.69) is 0 Å². The lowest BCUT2D eigenvalue weighted by Gasteiger charge is -2.15. The number of methoxy groups -OCH3 is 3. The van der Waals surface area contributed by atoms with Crippen molar-refractivity contribution in [1.82, 2.24) is 0 Å². The molecule has 150 valence electrons. The molecule has 0 bridgehead atoms. The molecule has 0 aliphatic carbocycles. The van der Waals surface area contributed by atoms with Gasteiger partial charge in [0.15, 0.2) is 18.1 Å².